The zero-order valence-corrected chi connectivity index (χ0v) is 25.5. The van der Waals surface area contributed by atoms with Gasteiger partial charge in [0.05, 0.1) is 45.2 Å². The van der Waals surface area contributed by atoms with E-state index in [9.17, 15) is 0 Å². The van der Waals surface area contributed by atoms with E-state index in [2.05, 4.69) is 121 Å². The highest BCUT2D eigenvalue weighted by Gasteiger charge is 2.17. The normalized spacial score (nSPS) is 12.1. The van der Waals surface area contributed by atoms with Crippen molar-refractivity contribution in [2.75, 3.05) is 0 Å². The summed E-state index contributed by atoms with van der Waals surface area (Å²) in [6, 6.07) is 50.3. The lowest BCUT2D eigenvalue weighted by Gasteiger charge is -2.12. The molecule has 0 unspecified atom stereocenters. The number of hydrogen-bond donors (Lipinski definition) is 0. The van der Waals surface area contributed by atoms with Gasteiger partial charge in [0.2, 0.25) is 0 Å². The number of hydrogen-bond acceptors (Lipinski definition) is 4. The summed E-state index contributed by atoms with van der Waals surface area (Å²) >= 11 is 0. The number of rotatable bonds is 4. The quantitative estimate of drug-likeness (QED) is 0.189. The smallest absolute Gasteiger partial charge is 0.0972 e. The molecule has 4 nitrogen and oxygen atoms in total. The maximum absolute atomic E-state index is 5.24. The van der Waals surface area contributed by atoms with E-state index in [1.807, 2.05) is 36.4 Å². The standard InChI is InChI=1S/C43H28N4/c1-3-9-28(10-4-1)36-23-19-30-13-7-14-31-20-25-38(46-41(31)40(30)44-36)34-15-8-16-35(27-34)39-26-22-33-18-17-32-21-24-37(29-11-5-2-6-12-29)45-42(32)43(33)47-39/h1-12,14-27H,13H2. The number of fused-ring (bicyclic) bond motifs is 6. The Hall–Kier alpha value is -6.26. The third-order valence-corrected chi connectivity index (χ3v) is 8.88. The average Bonchev–Trinajstić information content (AvgIpc) is 3.33. The number of nitrogens with zero attached hydrogens (tertiary/aromatic N) is 4. The summed E-state index contributed by atoms with van der Waals surface area (Å²) in [5, 5.41) is 2.14. The molecule has 1 aliphatic carbocycles. The van der Waals surface area contributed by atoms with Crippen LogP contribution < -0.4 is 0 Å². The van der Waals surface area contributed by atoms with Crippen LogP contribution in [0.3, 0.4) is 0 Å². The van der Waals surface area contributed by atoms with Crippen molar-refractivity contribution in [3.8, 4) is 56.4 Å². The van der Waals surface area contributed by atoms with Crippen LogP contribution in [0.5, 0.6) is 0 Å². The Labute approximate surface area is 272 Å². The predicted molar refractivity (Wildman–Crippen MR) is 193 cm³/mol. The Morgan fingerprint density at radius 3 is 1.53 bits per heavy atom. The summed E-state index contributed by atoms with van der Waals surface area (Å²) in [5.41, 5.74) is 13.8. The minimum absolute atomic E-state index is 0.822. The van der Waals surface area contributed by atoms with Crippen molar-refractivity contribution in [1.82, 2.24) is 19.9 Å². The van der Waals surface area contributed by atoms with Crippen molar-refractivity contribution in [2.45, 2.75) is 6.42 Å². The fourth-order valence-electron chi connectivity index (χ4n) is 6.43. The van der Waals surface area contributed by atoms with Crippen LogP contribution in [0.4, 0.5) is 0 Å². The Morgan fingerprint density at radius 2 is 0.872 bits per heavy atom. The highest BCUT2D eigenvalue weighted by Crippen LogP contribution is 2.34. The molecule has 8 aromatic rings. The van der Waals surface area contributed by atoms with Gasteiger partial charge in [-0.2, -0.15) is 0 Å². The Balaban J connectivity index is 1.13. The first-order valence-electron chi connectivity index (χ1n) is 15.9. The molecular formula is C43H28N4. The molecule has 47 heavy (non-hydrogen) atoms. The van der Waals surface area contributed by atoms with Crippen LogP contribution in [0.25, 0.3) is 84.3 Å². The third-order valence-electron chi connectivity index (χ3n) is 8.88. The van der Waals surface area contributed by atoms with Crippen molar-refractivity contribution in [2.24, 2.45) is 0 Å². The van der Waals surface area contributed by atoms with Crippen LogP contribution in [-0.2, 0) is 6.42 Å². The Morgan fingerprint density at radius 1 is 0.383 bits per heavy atom. The van der Waals surface area contributed by atoms with Gasteiger partial charge in [0.1, 0.15) is 0 Å². The molecule has 9 rings (SSSR count). The molecule has 0 N–H and O–H groups in total. The lowest BCUT2D eigenvalue weighted by molar-refractivity contribution is 1.18. The molecule has 0 saturated carbocycles. The van der Waals surface area contributed by atoms with Gasteiger partial charge in [0, 0.05) is 38.6 Å². The third kappa shape index (κ3) is 4.97. The van der Waals surface area contributed by atoms with Crippen LogP contribution in [0.15, 0.2) is 152 Å². The molecule has 4 aromatic carbocycles. The second-order valence-electron chi connectivity index (χ2n) is 11.9. The minimum atomic E-state index is 0.822. The largest absolute Gasteiger partial charge is 0.246 e. The lowest BCUT2D eigenvalue weighted by Crippen LogP contribution is -1.98. The molecule has 0 amide bonds. The first-order valence-corrected chi connectivity index (χ1v) is 15.9. The molecule has 1 aliphatic rings. The number of benzene rings is 4. The first-order chi connectivity index (χ1) is 23.3. The lowest BCUT2D eigenvalue weighted by atomic mass is 10.0. The topological polar surface area (TPSA) is 51.6 Å². The summed E-state index contributed by atoms with van der Waals surface area (Å²) in [5.74, 6) is 0. The average molecular weight is 601 g/mol. The molecule has 0 aliphatic heterocycles. The van der Waals surface area contributed by atoms with E-state index >= 15 is 0 Å². The minimum Gasteiger partial charge on any atom is -0.246 e. The zero-order valence-electron chi connectivity index (χ0n) is 25.5. The molecular weight excluding hydrogens is 573 g/mol. The van der Waals surface area contributed by atoms with Gasteiger partial charge in [0.25, 0.3) is 0 Å². The van der Waals surface area contributed by atoms with E-state index in [-0.39, 0.29) is 0 Å². The van der Waals surface area contributed by atoms with Crippen LogP contribution in [-0.4, -0.2) is 19.9 Å². The number of allylic oxidation sites excluding steroid dienone is 1. The van der Waals surface area contributed by atoms with E-state index in [0.29, 0.717) is 0 Å². The molecule has 4 heteroatoms. The summed E-state index contributed by atoms with van der Waals surface area (Å²) in [6.45, 7) is 0. The summed E-state index contributed by atoms with van der Waals surface area (Å²) in [4.78, 5) is 20.7. The van der Waals surface area contributed by atoms with Gasteiger partial charge >= 0.3 is 0 Å². The van der Waals surface area contributed by atoms with E-state index < -0.39 is 0 Å². The van der Waals surface area contributed by atoms with Gasteiger partial charge in [0.15, 0.2) is 0 Å². The summed E-state index contributed by atoms with van der Waals surface area (Å²) in [7, 11) is 0. The molecule has 0 spiro atoms. The monoisotopic (exact) mass is 600 g/mol. The van der Waals surface area contributed by atoms with Gasteiger partial charge in [-0.15, -0.1) is 0 Å². The second-order valence-corrected chi connectivity index (χ2v) is 11.9. The maximum Gasteiger partial charge on any atom is 0.0972 e. The summed E-state index contributed by atoms with van der Waals surface area (Å²) in [6.07, 6.45) is 5.18. The maximum atomic E-state index is 5.24. The molecule has 4 heterocycles. The number of aromatic nitrogens is 4. The van der Waals surface area contributed by atoms with Crippen molar-refractivity contribution in [1.29, 1.82) is 0 Å². The molecule has 0 bridgehead atoms. The molecule has 4 aromatic heterocycles. The number of pyridine rings is 4. The van der Waals surface area contributed by atoms with E-state index in [0.717, 1.165) is 90.2 Å². The van der Waals surface area contributed by atoms with Crippen molar-refractivity contribution in [3.05, 3.63) is 163 Å². The van der Waals surface area contributed by atoms with Gasteiger partial charge in [-0.1, -0.05) is 127 Å². The molecule has 0 radical (unpaired) electrons. The van der Waals surface area contributed by atoms with E-state index in [1.165, 1.54) is 5.56 Å². The van der Waals surface area contributed by atoms with Gasteiger partial charge in [-0.3, -0.25) is 0 Å². The predicted octanol–water partition coefficient (Wildman–Crippen LogP) is 10.5. The van der Waals surface area contributed by atoms with Crippen LogP contribution in [0.2, 0.25) is 0 Å². The van der Waals surface area contributed by atoms with Crippen molar-refractivity contribution in [3.63, 3.8) is 0 Å². The van der Waals surface area contributed by atoms with E-state index in [1.54, 1.807) is 0 Å². The molecule has 220 valence electrons. The molecule has 0 atom stereocenters. The van der Waals surface area contributed by atoms with Crippen LogP contribution >= 0.6 is 0 Å². The van der Waals surface area contributed by atoms with Crippen LogP contribution in [0, 0.1) is 0 Å². The SMILES string of the molecule is C1=Cc2ccc(-c3cccc(-c4ccc5ccc6ccc(-c7ccccc7)nc6c5n4)c3)nc2-c2nc(-c3ccccc3)ccc2C1. The van der Waals surface area contributed by atoms with Gasteiger partial charge in [-0.25, -0.2) is 19.9 Å². The van der Waals surface area contributed by atoms with E-state index in [4.69, 9.17) is 19.9 Å². The molecule has 0 fully saturated rings. The Bertz CT molecular complexity index is 2480. The first kappa shape index (κ1) is 27.1. The summed E-state index contributed by atoms with van der Waals surface area (Å²) < 4.78 is 0. The van der Waals surface area contributed by atoms with Gasteiger partial charge < -0.3 is 0 Å². The van der Waals surface area contributed by atoms with Crippen molar-refractivity contribution < 1.29 is 0 Å². The highest BCUT2D eigenvalue weighted by atomic mass is 14.8. The molecule has 0 saturated heterocycles. The highest BCUT2D eigenvalue weighted by molar-refractivity contribution is 6.04. The second kappa shape index (κ2) is 11.3. The van der Waals surface area contributed by atoms with Crippen molar-refractivity contribution >= 4 is 27.9 Å². The Kier molecular flexibility index (Phi) is 6.50. The van der Waals surface area contributed by atoms with Gasteiger partial charge in [-0.05, 0) is 42.3 Å². The van der Waals surface area contributed by atoms with Crippen LogP contribution in [0.1, 0.15) is 11.1 Å². The zero-order chi connectivity index (χ0) is 31.2. The fourth-order valence-corrected chi connectivity index (χ4v) is 6.43. The fraction of sp³-hybridized carbons (Fsp3) is 0.0233.